The highest BCUT2D eigenvalue weighted by Gasteiger charge is 2.15. The van der Waals surface area contributed by atoms with Gasteiger partial charge in [0.2, 0.25) is 5.89 Å². The third kappa shape index (κ3) is 3.68. The number of para-hydroxylation sites is 1. The van der Waals surface area contributed by atoms with Crippen molar-refractivity contribution in [3.63, 3.8) is 0 Å². The first-order chi connectivity index (χ1) is 16.6. The van der Waals surface area contributed by atoms with E-state index < -0.39 is 5.91 Å². The zero-order valence-corrected chi connectivity index (χ0v) is 18.6. The van der Waals surface area contributed by atoms with E-state index >= 15 is 0 Å². The number of carbonyl (C=O) groups excluding carboxylic acids is 1. The second kappa shape index (κ2) is 8.13. The van der Waals surface area contributed by atoms with Gasteiger partial charge in [-0.1, -0.05) is 54.6 Å². The Morgan fingerprint density at radius 2 is 1.62 bits per heavy atom. The van der Waals surface area contributed by atoms with Gasteiger partial charge in [0.05, 0.1) is 0 Å². The second-order valence-corrected chi connectivity index (χ2v) is 8.20. The molecule has 0 saturated carbocycles. The van der Waals surface area contributed by atoms with Gasteiger partial charge in [0, 0.05) is 22.0 Å². The van der Waals surface area contributed by atoms with Crippen LogP contribution < -0.4 is 10.6 Å². The molecule has 0 fully saturated rings. The summed E-state index contributed by atoms with van der Waals surface area (Å²) in [6.07, 6.45) is 0. The van der Waals surface area contributed by atoms with E-state index in [9.17, 15) is 4.79 Å². The average molecular weight is 464 g/mol. The molecule has 2 N–H and O–H groups in total. The van der Waals surface area contributed by atoms with Crippen molar-refractivity contribution in [3.05, 3.63) is 96.8 Å². The van der Waals surface area contributed by atoms with Crippen LogP contribution in [-0.2, 0) is 0 Å². The minimum atomic E-state index is -0.421. The number of benzene rings is 4. The molecule has 6 aromatic rings. The van der Waals surface area contributed by atoms with Gasteiger partial charge in [-0.05, 0) is 54.0 Å². The number of amides is 1. The average Bonchev–Trinajstić information content (AvgIpc) is 3.49. The van der Waals surface area contributed by atoms with E-state index in [0.717, 1.165) is 32.8 Å². The van der Waals surface area contributed by atoms with Crippen LogP contribution in [0.3, 0.4) is 0 Å². The molecule has 0 atom stereocenters. The van der Waals surface area contributed by atoms with Gasteiger partial charge in [0.15, 0.2) is 16.5 Å². The largest absolute Gasteiger partial charge is 0.451 e. The van der Waals surface area contributed by atoms with Crippen molar-refractivity contribution >= 4 is 61.8 Å². The van der Waals surface area contributed by atoms with Gasteiger partial charge in [-0.3, -0.25) is 10.1 Å². The van der Waals surface area contributed by atoms with E-state index in [0.29, 0.717) is 17.2 Å². The summed E-state index contributed by atoms with van der Waals surface area (Å²) in [5.41, 5.74) is 3.67. The second-order valence-electron chi connectivity index (χ2n) is 7.79. The van der Waals surface area contributed by atoms with Crippen LogP contribution >= 0.6 is 12.2 Å². The van der Waals surface area contributed by atoms with Crippen molar-refractivity contribution in [3.8, 4) is 11.5 Å². The lowest BCUT2D eigenvalue weighted by Gasteiger charge is -2.09. The fraction of sp³-hybridized carbons (Fsp3) is 0. The Kier molecular flexibility index (Phi) is 4.82. The number of carbonyl (C=O) groups is 1. The monoisotopic (exact) mass is 463 g/mol. The summed E-state index contributed by atoms with van der Waals surface area (Å²) in [4.78, 5) is 17.3. The molecule has 0 spiro atoms. The maximum absolute atomic E-state index is 12.6. The SMILES string of the molecule is O=C(NC(=S)Nc1cccc(-c2nc3c(ccc4ccccc43)o2)c1)c1cc2ccccc2o1. The van der Waals surface area contributed by atoms with Crippen molar-refractivity contribution < 1.29 is 13.6 Å². The number of hydrogen-bond acceptors (Lipinski definition) is 5. The Morgan fingerprint density at radius 3 is 2.50 bits per heavy atom. The molecule has 0 aliphatic rings. The van der Waals surface area contributed by atoms with Gasteiger partial charge >= 0.3 is 0 Å². The molecule has 0 saturated heterocycles. The molecule has 6 rings (SSSR count). The summed E-state index contributed by atoms with van der Waals surface area (Å²) in [6.45, 7) is 0. The molecule has 0 unspecified atom stereocenters. The van der Waals surface area contributed by atoms with Crippen LogP contribution in [0.2, 0.25) is 0 Å². The van der Waals surface area contributed by atoms with E-state index in [-0.39, 0.29) is 10.9 Å². The van der Waals surface area contributed by atoms with Crippen molar-refractivity contribution in [2.24, 2.45) is 0 Å². The maximum atomic E-state index is 12.6. The Bertz CT molecular complexity index is 1680. The number of thiocarbonyl (C=S) groups is 1. The van der Waals surface area contributed by atoms with E-state index in [1.807, 2.05) is 84.9 Å². The van der Waals surface area contributed by atoms with Crippen LogP contribution in [0, 0.1) is 0 Å². The molecule has 6 nitrogen and oxygen atoms in total. The highest BCUT2D eigenvalue weighted by atomic mass is 32.1. The normalized spacial score (nSPS) is 11.2. The number of furan rings is 1. The Hall–Kier alpha value is -4.49. The van der Waals surface area contributed by atoms with Gasteiger partial charge in [0.1, 0.15) is 11.1 Å². The summed E-state index contributed by atoms with van der Waals surface area (Å²) >= 11 is 5.33. The Morgan fingerprint density at radius 1 is 0.794 bits per heavy atom. The summed E-state index contributed by atoms with van der Waals surface area (Å²) in [5.74, 6) is 0.278. The molecule has 34 heavy (non-hydrogen) atoms. The standard InChI is InChI=1S/C27H17N3O3S/c31-25(23-15-17-7-2-4-11-21(17)32-23)30-27(34)28-19-9-5-8-18(14-19)26-29-24-20-10-3-1-6-16(20)12-13-22(24)33-26/h1-15H,(H2,28,30,31,34). The Labute approximate surface area is 199 Å². The highest BCUT2D eigenvalue weighted by molar-refractivity contribution is 7.80. The van der Waals surface area contributed by atoms with E-state index in [4.69, 9.17) is 26.0 Å². The molecule has 0 radical (unpaired) electrons. The van der Waals surface area contributed by atoms with Crippen molar-refractivity contribution in [1.29, 1.82) is 0 Å². The topological polar surface area (TPSA) is 80.3 Å². The zero-order chi connectivity index (χ0) is 23.1. The van der Waals surface area contributed by atoms with Gasteiger partial charge in [-0.25, -0.2) is 4.98 Å². The molecule has 164 valence electrons. The highest BCUT2D eigenvalue weighted by Crippen LogP contribution is 2.30. The fourth-order valence-corrected chi connectivity index (χ4v) is 4.15. The van der Waals surface area contributed by atoms with Crippen molar-refractivity contribution in [2.45, 2.75) is 0 Å². The minimum Gasteiger partial charge on any atom is -0.451 e. The van der Waals surface area contributed by atoms with Crippen LogP contribution in [0.25, 0.3) is 44.3 Å². The number of hydrogen-bond donors (Lipinski definition) is 2. The lowest BCUT2D eigenvalue weighted by Crippen LogP contribution is -2.33. The van der Waals surface area contributed by atoms with Crippen LogP contribution in [0.4, 0.5) is 5.69 Å². The molecule has 7 heteroatoms. The first kappa shape index (κ1) is 20.1. The summed E-state index contributed by atoms with van der Waals surface area (Å²) < 4.78 is 11.6. The summed E-state index contributed by atoms with van der Waals surface area (Å²) in [6, 6.07) is 28.6. The number of nitrogens with one attached hydrogen (secondary N) is 2. The molecule has 0 bridgehead atoms. The van der Waals surface area contributed by atoms with E-state index in [1.165, 1.54) is 0 Å². The number of oxazole rings is 1. The minimum absolute atomic E-state index is 0.158. The fourth-order valence-electron chi connectivity index (χ4n) is 3.94. The first-order valence-electron chi connectivity index (χ1n) is 10.6. The maximum Gasteiger partial charge on any atom is 0.293 e. The zero-order valence-electron chi connectivity index (χ0n) is 17.7. The number of anilines is 1. The summed E-state index contributed by atoms with van der Waals surface area (Å²) in [7, 11) is 0. The molecule has 0 aliphatic heterocycles. The predicted molar refractivity (Wildman–Crippen MR) is 137 cm³/mol. The van der Waals surface area contributed by atoms with E-state index in [1.54, 1.807) is 6.07 Å². The first-order valence-corrected chi connectivity index (χ1v) is 11.0. The van der Waals surface area contributed by atoms with Gasteiger partial charge in [-0.2, -0.15) is 0 Å². The van der Waals surface area contributed by atoms with Crippen LogP contribution in [0.15, 0.2) is 99.8 Å². The lowest BCUT2D eigenvalue weighted by molar-refractivity contribution is 0.0953. The molecule has 4 aromatic carbocycles. The molecule has 2 aromatic heterocycles. The van der Waals surface area contributed by atoms with Crippen LogP contribution in [0.1, 0.15) is 10.6 Å². The number of rotatable bonds is 3. The van der Waals surface area contributed by atoms with Crippen LogP contribution in [0.5, 0.6) is 0 Å². The van der Waals surface area contributed by atoms with Gasteiger partial charge in [-0.15, -0.1) is 0 Å². The molecular formula is C27H17N3O3S. The third-order valence-corrected chi connectivity index (χ3v) is 5.73. The predicted octanol–water partition coefficient (Wildman–Crippen LogP) is 6.52. The molecule has 1 amide bonds. The van der Waals surface area contributed by atoms with Gasteiger partial charge < -0.3 is 14.2 Å². The molecular weight excluding hydrogens is 446 g/mol. The number of fused-ring (bicyclic) bond motifs is 4. The molecule has 2 heterocycles. The third-order valence-electron chi connectivity index (χ3n) is 5.53. The summed E-state index contributed by atoms with van der Waals surface area (Å²) in [5, 5.41) is 8.85. The van der Waals surface area contributed by atoms with E-state index in [2.05, 4.69) is 10.6 Å². The van der Waals surface area contributed by atoms with Crippen LogP contribution in [-0.4, -0.2) is 16.0 Å². The quantitative estimate of drug-likeness (QED) is 0.291. The number of nitrogens with zero attached hydrogens (tertiary/aromatic N) is 1. The Balaban J connectivity index is 1.22. The van der Waals surface area contributed by atoms with Crippen molar-refractivity contribution in [1.82, 2.24) is 10.3 Å². The van der Waals surface area contributed by atoms with Gasteiger partial charge in [0.25, 0.3) is 5.91 Å². The lowest BCUT2D eigenvalue weighted by atomic mass is 10.1. The number of aromatic nitrogens is 1. The molecule has 0 aliphatic carbocycles. The van der Waals surface area contributed by atoms with Crippen molar-refractivity contribution in [2.75, 3.05) is 5.32 Å². The smallest absolute Gasteiger partial charge is 0.293 e.